The number of phosphoric acid groups is 3. The Labute approximate surface area is 196 Å². The van der Waals surface area contributed by atoms with Gasteiger partial charge in [0.15, 0.2) is 0 Å². The second-order valence-electron chi connectivity index (χ2n) is 8.13. The van der Waals surface area contributed by atoms with Gasteiger partial charge in [-0.1, -0.05) is 20.8 Å². The van der Waals surface area contributed by atoms with Crippen molar-refractivity contribution in [1.29, 1.82) is 0 Å². The van der Waals surface area contributed by atoms with Gasteiger partial charge in [-0.3, -0.25) is 31.7 Å². The number of ether oxygens (including phenoxy) is 1. The molecule has 33 heavy (non-hydrogen) atoms. The minimum absolute atomic E-state index is 0.0820. The Kier molecular flexibility index (Phi) is 12.9. The third-order valence-corrected chi connectivity index (χ3v) is 7.75. The summed E-state index contributed by atoms with van der Waals surface area (Å²) in [6.07, 6.45) is -0.739. The van der Waals surface area contributed by atoms with E-state index in [1.165, 1.54) is 0 Å². The maximum atomic E-state index is 12.3. The van der Waals surface area contributed by atoms with Gasteiger partial charge in [0.2, 0.25) is 0 Å². The fraction of sp³-hybridized carbons (Fsp3) is 1.00. The molecule has 0 bridgehead atoms. The van der Waals surface area contributed by atoms with Gasteiger partial charge in [0.05, 0.1) is 38.6 Å². The van der Waals surface area contributed by atoms with Crippen molar-refractivity contribution in [1.82, 2.24) is 0 Å². The maximum absolute atomic E-state index is 12.3. The van der Waals surface area contributed by atoms with Gasteiger partial charge in [0.1, 0.15) is 7.85 Å². The van der Waals surface area contributed by atoms with E-state index in [1.54, 1.807) is 0 Å². The zero-order chi connectivity index (χ0) is 25.3. The van der Waals surface area contributed by atoms with E-state index in [0.717, 1.165) is 14.2 Å². The molecule has 0 aliphatic carbocycles. The van der Waals surface area contributed by atoms with Gasteiger partial charge in [0, 0.05) is 20.2 Å². The molecular weight excluding hydrogens is 504 g/mol. The Balaban J connectivity index is 2.34. The second-order valence-corrected chi connectivity index (χ2v) is 12.9. The summed E-state index contributed by atoms with van der Waals surface area (Å²) >= 11 is 0. The van der Waals surface area contributed by atoms with Crippen LogP contribution in [0, 0.1) is 5.41 Å². The van der Waals surface area contributed by atoms with E-state index in [0.29, 0.717) is 0 Å². The largest absolute Gasteiger partial charge is 0.474 e. The Hall–Kier alpha value is 0.355. The summed E-state index contributed by atoms with van der Waals surface area (Å²) in [6.45, 7) is 4.98. The van der Waals surface area contributed by atoms with Crippen LogP contribution in [0.4, 0.5) is 0 Å². The molecule has 17 heteroatoms. The predicted octanol–water partition coefficient (Wildman–Crippen LogP) is 3.15. The van der Waals surface area contributed by atoms with Gasteiger partial charge in [-0.2, -0.15) is 0 Å². The molecule has 194 valence electrons. The highest BCUT2D eigenvalue weighted by Gasteiger charge is 2.44. The van der Waals surface area contributed by atoms with Crippen LogP contribution in [0.1, 0.15) is 40.0 Å². The molecule has 1 heterocycles. The summed E-state index contributed by atoms with van der Waals surface area (Å²) in [7, 11) is -4.45. The number of phosphoric ester groups is 3. The van der Waals surface area contributed by atoms with Crippen molar-refractivity contribution < 1.29 is 59.9 Å². The second kappa shape index (κ2) is 13.6. The zero-order valence-electron chi connectivity index (χ0n) is 19.5. The molecule has 0 aromatic carbocycles. The average Bonchev–Trinajstić information content (AvgIpc) is 3.07. The van der Waals surface area contributed by atoms with E-state index in [1.807, 2.05) is 20.8 Å². The lowest BCUT2D eigenvalue weighted by Crippen LogP contribution is -2.36. The third kappa shape index (κ3) is 12.2. The van der Waals surface area contributed by atoms with Gasteiger partial charge < -0.3 is 14.5 Å². The fourth-order valence-electron chi connectivity index (χ4n) is 2.77. The van der Waals surface area contributed by atoms with Crippen LogP contribution in [0.2, 0.25) is 0 Å². The van der Waals surface area contributed by atoms with Gasteiger partial charge in [-0.25, -0.2) is 13.7 Å². The summed E-state index contributed by atoms with van der Waals surface area (Å²) < 4.78 is 75.2. The number of hydrogen-bond donors (Lipinski definition) is 2. The van der Waals surface area contributed by atoms with Crippen LogP contribution in [0.25, 0.3) is 0 Å². The van der Waals surface area contributed by atoms with E-state index >= 15 is 0 Å². The highest BCUT2D eigenvalue weighted by molar-refractivity contribution is 7.48. The molecule has 6 atom stereocenters. The Bertz CT molecular complexity index is 731. The SMILES string of the molecule is [B]C1CC(OP(=O)(O)OCCCOP(=O)(OC)OCCCOP(=O)(O)OC)C(C(C)(C)C)O1. The molecule has 0 aromatic heterocycles. The lowest BCUT2D eigenvalue weighted by atomic mass is 9.85. The highest BCUT2D eigenvalue weighted by Crippen LogP contribution is 2.50. The smallest absolute Gasteiger partial charge is 0.381 e. The van der Waals surface area contributed by atoms with Crippen molar-refractivity contribution in [3.05, 3.63) is 0 Å². The van der Waals surface area contributed by atoms with E-state index in [-0.39, 0.29) is 51.1 Å². The summed E-state index contributed by atoms with van der Waals surface area (Å²) in [6, 6.07) is -0.601. The van der Waals surface area contributed by atoms with Gasteiger partial charge >= 0.3 is 23.5 Å². The normalized spacial score (nSPS) is 27.1. The minimum atomic E-state index is -4.39. The minimum Gasteiger partial charge on any atom is -0.381 e. The summed E-state index contributed by atoms with van der Waals surface area (Å²) in [5, 5.41) is 0. The van der Waals surface area contributed by atoms with Crippen LogP contribution in [0.15, 0.2) is 0 Å². The van der Waals surface area contributed by atoms with Gasteiger partial charge in [-0.05, 0) is 24.7 Å². The van der Waals surface area contributed by atoms with Gasteiger partial charge in [-0.15, -0.1) is 0 Å². The maximum Gasteiger partial charge on any atom is 0.474 e. The van der Waals surface area contributed by atoms with Crippen molar-refractivity contribution in [3.63, 3.8) is 0 Å². The first-order valence-corrected chi connectivity index (χ1v) is 14.6. The first-order chi connectivity index (χ1) is 15.1. The van der Waals surface area contributed by atoms with Crippen molar-refractivity contribution >= 4 is 31.3 Å². The molecule has 1 aliphatic rings. The molecule has 2 radical (unpaired) electrons. The highest BCUT2D eigenvalue weighted by atomic mass is 31.2. The quantitative estimate of drug-likeness (QED) is 0.167. The topological polar surface area (TPSA) is 166 Å². The lowest BCUT2D eigenvalue weighted by Gasteiger charge is -2.31. The van der Waals surface area contributed by atoms with Gasteiger partial charge in [0.25, 0.3) is 0 Å². The molecular formula is C16H34BO13P3. The van der Waals surface area contributed by atoms with Crippen molar-refractivity contribution in [3.8, 4) is 0 Å². The molecule has 13 nitrogen and oxygen atoms in total. The van der Waals surface area contributed by atoms with E-state index in [2.05, 4.69) is 9.05 Å². The van der Waals surface area contributed by atoms with Crippen LogP contribution in [0.5, 0.6) is 0 Å². The van der Waals surface area contributed by atoms with Crippen LogP contribution in [0.3, 0.4) is 0 Å². The van der Waals surface area contributed by atoms with Crippen LogP contribution < -0.4 is 0 Å². The third-order valence-electron chi connectivity index (χ3n) is 4.29. The molecule has 0 spiro atoms. The molecule has 1 rings (SSSR count). The summed E-state index contributed by atoms with van der Waals surface area (Å²) in [4.78, 5) is 19.1. The van der Waals surface area contributed by atoms with Crippen LogP contribution in [-0.2, 0) is 50.1 Å². The Morgan fingerprint density at radius 1 is 0.879 bits per heavy atom. The molecule has 0 aromatic rings. The average molecular weight is 538 g/mol. The molecule has 6 unspecified atom stereocenters. The van der Waals surface area contributed by atoms with E-state index < -0.39 is 41.7 Å². The summed E-state index contributed by atoms with van der Waals surface area (Å²) in [5.74, 6) is 0. The monoisotopic (exact) mass is 538 g/mol. The number of hydrogen-bond acceptors (Lipinski definition) is 11. The number of rotatable bonds is 16. The molecule has 2 N–H and O–H groups in total. The molecule has 0 saturated carbocycles. The fourth-order valence-corrected chi connectivity index (χ4v) is 5.19. The van der Waals surface area contributed by atoms with E-state index in [4.69, 9.17) is 40.1 Å². The molecule has 1 saturated heterocycles. The van der Waals surface area contributed by atoms with Crippen molar-refractivity contribution in [2.24, 2.45) is 5.41 Å². The van der Waals surface area contributed by atoms with Crippen molar-refractivity contribution in [2.45, 2.75) is 58.2 Å². The zero-order valence-corrected chi connectivity index (χ0v) is 22.2. The van der Waals surface area contributed by atoms with Crippen molar-refractivity contribution in [2.75, 3.05) is 40.6 Å². The molecule has 1 fully saturated rings. The Morgan fingerprint density at radius 2 is 1.36 bits per heavy atom. The van der Waals surface area contributed by atoms with E-state index in [9.17, 15) is 18.6 Å². The first kappa shape index (κ1) is 31.4. The molecule has 0 amide bonds. The summed E-state index contributed by atoms with van der Waals surface area (Å²) in [5.41, 5.74) is -0.360. The predicted molar refractivity (Wildman–Crippen MR) is 118 cm³/mol. The standard InChI is InChI=1S/C16H34BO13P3/c1-16(2,3)15-13(12-14(17)29-15)30-32(20,21)26-9-7-11-28-33(22,24-5)27-10-6-8-25-31(18,19)23-4/h13-15H,6-12H2,1-5H3,(H,18,19)(H,20,21). The first-order valence-electron chi connectivity index (χ1n) is 10.2. The Morgan fingerprint density at radius 3 is 1.82 bits per heavy atom. The van der Waals surface area contributed by atoms with Crippen LogP contribution in [-0.4, -0.2) is 76.5 Å². The lowest BCUT2D eigenvalue weighted by molar-refractivity contribution is -0.0366. The van der Waals surface area contributed by atoms with Crippen LogP contribution >= 0.6 is 23.5 Å². The molecule has 1 aliphatic heterocycles.